The number of carboxylic acids is 1. The minimum atomic E-state index is -1.10. The van der Waals surface area contributed by atoms with Crippen molar-refractivity contribution in [2.75, 3.05) is 6.54 Å². The topological polar surface area (TPSA) is 81.0 Å². The highest BCUT2D eigenvalue weighted by Gasteiger charge is 2.34. The molecule has 1 fully saturated rings. The molecule has 58 valence electrons. The molecule has 1 heterocycles. The van der Waals surface area contributed by atoms with Gasteiger partial charge in [-0.05, 0) is 0 Å². The number of carboxylic acid groups (broad SMARTS) is 1. The van der Waals surface area contributed by atoms with Crippen molar-refractivity contribution >= 4 is 5.97 Å². The number of aliphatic hydroxyl groups excluding tert-OH is 1. The molecule has 0 aromatic carbocycles. The van der Waals surface area contributed by atoms with E-state index in [4.69, 9.17) is 15.4 Å². The number of β-amino-alcohol motifs (C(OH)–C–C–N with tert-alkyl or cyclic N) is 1. The summed E-state index contributed by atoms with van der Waals surface area (Å²) in [7, 11) is 0. The van der Waals surface area contributed by atoms with E-state index in [-0.39, 0.29) is 13.0 Å². The van der Waals surface area contributed by atoms with Crippen LogP contribution >= 0.6 is 0 Å². The molecular weight excluding hydrogens is 138 g/mol. The number of nitrogens with zero attached hydrogens (tertiary/aromatic N) is 1. The molecule has 0 aliphatic carbocycles. The molecule has 0 bridgehead atoms. The van der Waals surface area contributed by atoms with Gasteiger partial charge in [-0.2, -0.15) is 5.06 Å². The molecule has 1 saturated heterocycles. The Morgan fingerprint density at radius 2 is 2.20 bits per heavy atom. The predicted octanol–water partition coefficient (Wildman–Crippen LogP) is -1.10. The molecule has 5 nitrogen and oxygen atoms in total. The van der Waals surface area contributed by atoms with Crippen LogP contribution in [-0.2, 0) is 4.79 Å². The minimum Gasteiger partial charge on any atom is -0.480 e. The number of hydrogen-bond donors (Lipinski definition) is 3. The summed E-state index contributed by atoms with van der Waals surface area (Å²) in [6.07, 6.45) is -0.614. The average molecular weight is 147 g/mol. The fourth-order valence-corrected chi connectivity index (χ4v) is 1.03. The highest BCUT2D eigenvalue weighted by molar-refractivity contribution is 5.73. The van der Waals surface area contributed by atoms with E-state index in [0.717, 1.165) is 0 Å². The van der Waals surface area contributed by atoms with Gasteiger partial charge < -0.3 is 15.4 Å². The van der Waals surface area contributed by atoms with Crippen molar-refractivity contribution in [1.82, 2.24) is 5.06 Å². The molecule has 1 aliphatic heterocycles. The lowest BCUT2D eigenvalue weighted by Gasteiger charge is -2.10. The first kappa shape index (κ1) is 7.46. The Balaban J connectivity index is 2.54. The first-order chi connectivity index (χ1) is 4.61. The van der Waals surface area contributed by atoms with Gasteiger partial charge in [0.15, 0.2) is 0 Å². The molecule has 0 unspecified atom stereocenters. The van der Waals surface area contributed by atoms with Crippen molar-refractivity contribution in [2.45, 2.75) is 18.6 Å². The summed E-state index contributed by atoms with van der Waals surface area (Å²) < 4.78 is 0. The van der Waals surface area contributed by atoms with Gasteiger partial charge in [-0.25, -0.2) is 0 Å². The standard InChI is InChI=1S/C5H9NO4/c7-3-1-4(5(8)9)6(10)2-3/h3-4,7,10H,1-2H2,(H,8,9)/t3-,4+/m1/s1. The second-order valence-corrected chi connectivity index (χ2v) is 2.37. The lowest BCUT2D eigenvalue weighted by Crippen LogP contribution is -2.32. The Kier molecular flexibility index (Phi) is 1.89. The van der Waals surface area contributed by atoms with Gasteiger partial charge in [0.1, 0.15) is 6.04 Å². The number of rotatable bonds is 1. The van der Waals surface area contributed by atoms with Gasteiger partial charge in [-0.1, -0.05) is 0 Å². The molecular formula is C5H9NO4. The second kappa shape index (κ2) is 2.53. The zero-order valence-corrected chi connectivity index (χ0v) is 5.27. The molecule has 2 atom stereocenters. The monoisotopic (exact) mass is 147 g/mol. The molecule has 3 N–H and O–H groups in total. The smallest absolute Gasteiger partial charge is 0.323 e. The van der Waals surface area contributed by atoms with Crippen LogP contribution < -0.4 is 0 Å². The van der Waals surface area contributed by atoms with Crippen LogP contribution in [0, 0.1) is 0 Å². The summed E-state index contributed by atoms with van der Waals surface area (Å²) >= 11 is 0. The van der Waals surface area contributed by atoms with E-state index in [0.29, 0.717) is 5.06 Å². The number of carbonyl (C=O) groups is 1. The molecule has 0 aromatic rings. The van der Waals surface area contributed by atoms with E-state index in [1.807, 2.05) is 0 Å². The highest BCUT2D eigenvalue weighted by Crippen LogP contribution is 2.14. The predicted molar refractivity (Wildman–Crippen MR) is 30.5 cm³/mol. The minimum absolute atomic E-state index is 0.0248. The quantitative estimate of drug-likeness (QED) is 0.438. The van der Waals surface area contributed by atoms with E-state index in [1.165, 1.54) is 0 Å². The first-order valence-electron chi connectivity index (χ1n) is 2.97. The molecule has 1 aliphatic rings. The summed E-state index contributed by atoms with van der Waals surface area (Å²) in [5.74, 6) is -1.10. The van der Waals surface area contributed by atoms with Crippen molar-refractivity contribution < 1.29 is 20.2 Å². The van der Waals surface area contributed by atoms with Crippen LogP contribution in [-0.4, -0.2) is 45.1 Å². The van der Waals surface area contributed by atoms with Gasteiger partial charge in [0, 0.05) is 6.42 Å². The summed E-state index contributed by atoms with van der Waals surface area (Å²) in [5, 5.41) is 26.7. The van der Waals surface area contributed by atoms with Gasteiger partial charge in [-0.15, -0.1) is 0 Å². The number of aliphatic hydroxyl groups is 1. The number of hydroxylamine groups is 2. The van der Waals surface area contributed by atoms with Crippen molar-refractivity contribution in [3.05, 3.63) is 0 Å². The Labute approximate surface area is 57.5 Å². The van der Waals surface area contributed by atoms with Crippen LogP contribution in [0.15, 0.2) is 0 Å². The van der Waals surface area contributed by atoms with E-state index >= 15 is 0 Å². The summed E-state index contributed by atoms with van der Waals surface area (Å²) in [4.78, 5) is 10.2. The highest BCUT2D eigenvalue weighted by atomic mass is 16.5. The maximum atomic E-state index is 10.2. The lowest BCUT2D eigenvalue weighted by atomic mass is 10.2. The fraction of sp³-hybridized carbons (Fsp3) is 0.800. The largest absolute Gasteiger partial charge is 0.480 e. The Hall–Kier alpha value is -0.650. The third-order valence-corrected chi connectivity index (χ3v) is 1.54. The van der Waals surface area contributed by atoms with Gasteiger partial charge in [0.25, 0.3) is 0 Å². The van der Waals surface area contributed by atoms with Crippen molar-refractivity contribution in [1.29, 1.82) is 0 Å². The van der Waals surface area contributed by atoms with Crippen molar-refractivity contribution in [3.63, 3.8) is 0 Å². The maximum Gasteiger partial charge on any atom is 0.323 e. The first-order valence-corrected chi connectivity index (χ1v) is 2.97. The lowest BCUT2D eigenvalue weighted by molar-refractivity contribution is -0.161. The Morgan fingerprint density at radius 3 is 2.40 bits per heavy atom. The fourth-order valence-electron chi connectivity index (χ4n) is 1.03. The third-order valence-electron chi connectivity index (χ3n) is 1.54. The Morgan fingerprint density at radius 1 is 1.60 bits per heavy atom. The molecule has 0 amide bonds. The number of hydrogen-bond acceptors (Lipinski definition) is 4. The van der Waals surface area contributed by atoms with Gasteiger partial charge in [-0.3, -0.25) is 4.79 Å². The summed E-state index contributed by atoms with van der Waals surface area (Å²) in [6.45, 7) is 0.0248. The van der Waals surface area contributed by atoms with Gasteiger partial charge in [0.2, 0.25) is 0 Å². The molecule has 5 heteroatoms. The SMILES string of the molecule is O=C(O)[C@@H]1C[C@@H](O)CN1O. The maximum absolute atomic E-state index is 10.2. The molecule has 10 heavy (non-hydrogen) atoms. The van der Waals surface area contributed by atoms with Gasteiger partial charge >= 0.3 is 5.97 Å². The third kappa shape index (κ3) is 1.26. The molecule has 0 aromatic heterocycles. The van der Waals surface area contributed by atoms with Crippen molar-refractivity contribution in [3.8, 4) is 0 Å². The average Bonchev–Trinajstić information content (AvgIpc) is 2.10. The van der Waals surface area contributed by atoms with Crippen LogP contribution in [0.2, 0.25) is 0 Å². The van der Waals surface area contributed by atoms with Crippen molar-refractivity contribution in [2.24, 2.45) is 0 Å². The van der Waals surface area contributed by atoms with Crippen LogP contribution in [0.3, 0.4) is 0 Å². The summed E-state index contributed by atoms with van der Waals surface area (Å²) in [6, 6.07) is -0.935. The van der Waals surface area contributed by atoms with Crippen LogP contribution in [0.1, 0.15) is 6.42 Å². The zero-order chi connectivity index (χ0) is 7.72. The van der Waals surface area contributed by atoms with E-state index < -0.39 is 18.1 Å². The van der Waals surface area contributed by atoms with E-state index in [2.05, 4.69) is 0 Å². The Bertz CT molecular complexity index is 149. The molecule has 0 radical (unpaired) electrons. The molecule has 0 saturated carbocycles. The van der Waals surface area contributed by atoms with E-state index in [1.54, 1.807) is 0 Å². The van der Waals surface area contributed by atoms with E-state index in [9.17, 15) is 4.79 Å². The normalized spacial score (nSPS) is 34.6. The van der Waals surface area contributed by atoms with Crippen LogP contribution in [0.25, 0.3) is 0 Å². The summed E-state index contributed by atoms with van der Waals surface area (Å²) in [5.41, 5.74) is 0. The second-order valence-electron chi connectivity index (χ2n) is 2.37. The van der Waals surface area contributed by atoms with Crippen LogP contribution in [0.5, 0.6) is 0 Å². The van der Waals surface area contributed by atoms with Crippen LogP contribution in [0.4, 0.5) is 0 Å². The number of aliphatic carboxylic acids is 1. The van der Waals surface area contributed by atoms with Gasteiger partial charge in [0.05, 0.1) is 12.6 Å². The molecule has 0 spiro atoms. The molecule has 1 rings (SSSR count). The zero-order valence-electron chi connectivity index (χ0n) is 5.27.